The maximum atomic E-state index is 5.56. The Morgan fingerprint density at radius 1 is 1.08 bits per heavy atom. The van der Waals surface area contributed by atoms with Crippen molar-refractivity contribution in [3.63, 3.8) is 0 Å². The summed E-state index contributed by atoms with van der Waals surface area (Å²) in [5, 5.41) is 0. The summed E-state index contributed by atoms with van der Waals surface area (Å²) in [4.78, 5) is 0. The summed E-state index contributed by atoms with van der Waals surface area (Å²) < 4.78 is 16.6. The molecule has 0 radical (unpaired) electrons. The van der Waals surface area contributed by atoms with E-state index in [1.54, 1.807) is 21.3 Å². The molecule has 2 saturated carbocycles. The lowest BCUT2D eigenvalue weighted by Crippen LogP contribution is -2.40. The zero-order valence-corrected chi connectivity index (χ0v) is 8.58. The molecule has 0 aromatic rings. The summed E-state index contributed by atoms with van der Waals surface area (Å²) >= 11 is 0. The number of fused-ring (bicyclic) bond motifs is 2. The van der Waals surface area contributed by atoms with E-state index in [4.69, 9.17) is 14.2 Å². The highest BCUT2D eigenvalue weighted by atomic mass is 16.7. The van der Waals surface area contributed by atoms with E-state index >= 15 is 0 Å². The van der Waals surface area contributed by atoms with E-state index in [-0.39, 0.29) is 5.79 Å². The number of ether oxygens (including phenoxy) is 3. The van der Waals surface area contributed by atoms with Gasteiger partial charge in [0, 0.05) is 33.2 Å². The van der Waals surface area contributed by atoms with Crippen molar-refractivity contribution in [3.8, 4) is 0 Å². The van der Waals surface area contributed by atoms with Crippen molar-refractivity contribution in [1.29, 1.82) is 0 Å². The van der Waals surface area contributed by atoms with Crippen LogP contribution >= 0.6 is 0 Å². The molecule has 2 fully saturated rings. The molecule has 0 heterocycles. The van der Waals surface area contributed by atoms with E-state index in [1.807, 2.05) is 0 Å². The zero-order chi connectivity index (χ0) is 9.47. The van der Waals surface area contributed by atoms with Crippen molar-refractivity contribution in [3.05, 3.63) is 0 Å². The molecule has 2 bridgehead atoms. The average molecular weight is 186 g/mol. The van der Waals surface area contributed by atoms with Crippen LogP contribution < -0.4 is 0 Å². The molecule has 0 aliphatic heterocycles. The number of methoxy groups -OCH3 is 3. The summed E-state index contributed by atoms with van der Waals surface area (Å²) in [7, 11) is 5.27. The van der Waals surface area contributed by atoms with Crippen molar-refractivity contribution >= 4 is 0 Å². The second kappa shape index (κ2) is 3.23. The van der Waals surface area contributed by atoms with Gasteiger partial charge in [0.15, 0.2) is 5.79 Å². The lowest BCUT2D eigenvalue weighted by Gasteiger charge is -2.31. The van der Waals surface area contributed by atoms with E-state index in [0.717, 1.165) is 6.42 Å². The Morgan fingerprint density at radius 2 is 1.77 bits per heavy atom. The Bertz CT molecular complexity index is 189. The van der Waals surface area contributed by atoms with Gasteiger partial charge in [0.05, 0.1) is 6.10 Å². The molecule has 0 saturated heterocycles. The first-order valence-electron chi connectivity index (χ1n) is 4.91. The molecule has 0 amide bonds. The molecule has 0 aromatic heterocycles. The summed E-state index contributed by atoms with van der Waals surface area (Å²) in [6, 6.07) is 0. The van der Waals surface area contributed by atoms with Gasteiger partial charge in [-0.2, -0.15) is 0 Å². The third kappa shape index (κ3) is 1.07. The minimum atomic E-state index is -0.347. The number of hydrogen-bond donors (Lipinski definition) is 0. The molecule has 13 heavy (non-hydrogen) atoms. The Morgan fingerprint density at radius 3 is 2.15 bits per heavy atom. The molecule has 2 aliphatic rings. The van der Waals surface area contributed by atoms with Gasteiger partial charge in [-0.1, -0.05) is 0 Å². The topological polar surface area (TPSA) is 27.7 Å². The van der Waals surface area contributed by atoms with Gasteiger partial charge in [-0.05, 0) is 19.3 Å². The quantitative estimate of drug-likeness (QED) is 0.624. The molecule has 0 N–H and O–H groups in total. The molecular weight excluding hydrogens is 168 g/mol. The minimum absolute atomic E-state index is 0.332. The van der Waals surface area contributed by atoms with E-state index in [1.165, 1.54) is 12.8 Å². The highest BCUT2D eigenvalue weighted by Crippen LogP contribution is 2.55. The molecular formula is C10H18O3. The highest BCUT2D eigenvalue weighted by Gasteiger charge is 2.60. The minimum Gasteiger partial charge on any atom is -0.381 e. The molecule has 0 aromatic carbocycles. The first-order valence-corrected chi connectivity index (χ1v) is 4.91. The predicted molar refractivity (Wildman–Crippen MR) is 48.4 cm³/mol. The Balaban J connectivity index is 2.22. The summed E-state index contributed by atoms with van der Waals surface area (Å²) in [6.45, 7) is 0. The monoisotopic (exact) mass is 186 g/mol. The smallest absolute Gasteiger partial charge is 0.175 e. The standard InChI is InChI=1S/C10H18O3/c1-11-9-6-7-4-5-8(9)10(7,12-2)13-3/h7-9H,4-6H2,1-3H3/t7-,8+,9-/m1/s1. The second-order valence-electron chi connectivity index (χ2n) is 4.02. The third-order valence-corrected chi connectivity index (χ3v) is 3.82. The zero-order valence-electron chi connectivity index (χ0n) is 8.58. The van der Waals surface area contributed by atoms with E-state index in [2.05, 4.69) is 0 Å². The van der Waals surface area contributed by atoms with Crippen molar-refractivity contribution in [2.45, 2.75) is 31.2 Å². The fourth-order valence-electron chi connectivity index (χ4n) is 3.24. The largest absolute Gasteiger partial charge is 0.381 e. The molecule has 0 unspecified atom stereocenters. The van der Waals surface area contributed by atoms with Crippen LogP contribution in [0.3, 0.4) is 0 Å². The first kappa shape index (κ1) is 9.44. The summed E-state index contributed by atoms with van der Waals surface area (Å²) in [5.41, 5.74) is 0. The van der Waals surface area contributed by atoms with Crippen LogP contribution in [0.25, 0.3) is 0 Å². The van der Waals surface area contributed by atoms with Crippen molar-refractivity contribution < 1.29 is 14.2 Å². The van der Waals surface area contributed by atoms with E-state index in [0.29, 0.717) is 17.9 Å². The molecule has 3 nitrogen and oxygen atoms in total. The Labute approximate surface area is 79.4 Å². The average Bonchev–Trinajstić information content (AvgIpc) is 2.69. The number of rotatable bonds is 3. The van der Waals surface area contributed by atoms with Crippen LogP contribution in [0.5, 0.6) is 0 Å². The van der Waals surface area contributed by atoms with Gasteiger partial charge >= 0.3 is 0 Å². The first-order chi connectivity index (χ1) is 6.28. The third-order valence-electron chi connectivity index (χ3n) is 3.82. The Hall–Kier alpha value is -0.120. The van der Waals surface area contributed by atoms with Crippen LogP contribution in [-0.4, -0.2) is 33.2 Å². The van der Waals surface area contributed by atoms with Crippen LogP contribution in [0.15, 0.2) is 0 Å². The SMILES string of the molecule is CO[C@@H]1C[C@H]2CC[C@@H]1C2(OC)OC. The fourth-order valence-corrected chi connectivity index (χ4v) is 3.24. The summed E-state index contributed by atoms with van der Waals surface area (Å²) in [6.07, 6.45) is 3.80. The van der Waals surface area contributed by atoms with Crippen LogP contribution in [0, 0.1) is 11.8 Å². The lowest BCUT2D eigenvalue weighted by atomic mass is 9.98. The van der Waals surface area contributed by atoms with Gasteiger partial charge in [0.25, 0.3) is 0 Å². The molecule has 2 rings (SSSR count). The van der Waals surface area contributed by atoms with Crippen LogP contribution in [0.2, 0.25) is 0 Å². The van der Waals surface area contributed by atoms with Crippen LogP contribution in [0.1, 0.15) is 19.3 Å². The molecule has 3 heteroatoms. The molecule has 2 aliphatic carbocycles. The maximum Gasteiger partial charge on any atom is 0.175 e. The van der Waals surface area contributed by atoms with Crippen molar-refractivity contribution in [2.24, 2.45) is 11.8 Å². The predicted octanol–water partition coefficient (Wildman–Crippen LogP) is 1.42. The van der Waals surface area contributed by atoms with Gasteiger partial charge in [-0.3, -0.25) is 0 Å². The van der Waals surface area contributed by atoms with E-state index < -0.39 is 0 Å². The highest BCUT2D eigenvalue weighted by molar-refractivity contribution is 5.04. The Kier molecular flexibility index (Phi) is 2.34. The summed E-state index contributed by atoms with van der Waals surface area (Å²) in [5.74, 6) is 0.607. The van der Waals surface area contributed by atoms with Gasteiger partial charge < -0.3 is 14.2 Å². The van der Waals surface area contributed by atoms with Crippen molar-refractivity contribution in [2.75, 3.05) is 21.3 Å². The van der Waals surface area contributed by atoms with Gasteiger partial charge in [-0.25, -0.2) is 0 Å². The molecule has 76 valence electrons. The maximum absolute atomic E-state index is 5.56. The van der Waals surface area contributed by atoms with Crippen LogP contribution in [0.4, 0.5) is 0 Å². The molecule has 0 spiro atoms. The van der Waals surface area contributed by atoms with Crippen LogP contribution in [-0.2, 0) is 14.2 Å². The lowest BCUT2D eigenvalue weighted by molar-refractivity contribution is -0.240. The number of hydrogen-bond acceptors (Lipinski definition) is 3. The second-order valence-corrected chi connectivity index (χ2v) is 4.02. The normalized spacial score (nSPS) is 41.3. The van der Waals surface area contributed by atoms with Crippen molar-refractivity contribution in [1.82, 2.24) is 0 Å². The van der Waals surface area contributed by atoms with E-state index in [9.17, 15) is 0 Å². The van der Waals surface area contributed by atoms with Gasteiger partial charge in [0.2, 0.25) is 0 Å². The molecule has 3 atom stereocenters. The van der Waals surface area contributed by atoms with Gasteiger partial charge in [-0.15, -0.1) is 0 Å². The van der Waals surface area contributed by atoms with Gasteiger partial charge in [0.1, 0.15) is 0 Å². The fraction of sp³-hybridized carbons (Fsp3) is 1.00.